The van der Waals surface area contributed by atoms with Crippen molar-refractivity contribution in [2.24, 2.45) is 0 Å². The number of sulfonamides is 1. The van der Waals surface area contributed by atoms with Crippen LogP contribution in [-0.4, -0.2) is 40.7 Å². The lowest BCUT2D eigenvalue weighted by atomic mass is 9.96. The van der Waals surface area contributed by atoms with Gasteiger partial charge in [-0.25, -0.2) is 8.42 Å². The Morgan fingerprint density at radius 1 is 1.06 bits per heavy atom. The predicted octanol–water partition coefficient (Wildman–Crippen LogP) is 3.36. The van der Waals surface area contributed by atoms with E-state index in [9.17, 15) is 21.6 Å². The van der Waals surface area contributed by atoms with Crippen LogP contribution in [0.25, 0.3) is 22.5 Å². The van der Waals surface area contributed by atoms with Crippen LogP contribution < -0.4 is 11.6 Å². The van der Waals surface area contributed by atoms with Gasteiger partial charge in [-0.15, -0.1) is 5.10 Å². The number of halogens is 4. The van der Waals surface area contributed by atoms with Crippen LogP contribution in [0.1, 0.15) is 18.4 Å². The van der Waals surface area contributed by atoms with Crippen molar-refractivity contribution >= 4 is 27.6 Å². The molecule has 0 spiro atoms. The van der Waals surface area contributed by atoms with Gasteiger partial charge in [0.15, 0.2) is 5.82 Å². The second-order valence-electron chi connectivity index (χ2n) is 7.26. The molecule has 0 unspecified atom stereocenters. The molecule has 1 saturated heterocycles. The summed E-state index contributed by atoms with van der Waals surface area (Å²) in [6.45, 7) is 0.747. The van der Waals surface area contributed by atoms with Crippen molar-refractivity contribution in [1.82, 2.24) is 19.2 Å². The monoisotopic (exact) mass is 486 g/mol. The average Bonchev–Trinajstić information content (AvgIpc) is 3.37. The van der Waals surface area contributed by atoms with E-state index in [0.29, 0.717) is 13.1 Å². The summed E-state index contributed by atoms with van der Waals surface area (Å²) in [5, 5.41) is 3.37. The van der Waals surface area contributed by atoms with Crippen molar-refractivity contribution in [3.8, 4) is 22.5 Å². The number of rotatable bonds is 4. The quantitative estimate of drug-likeness (QED) is 0.545. The lowest BCUT2D eigenvalue weighted by molar-refractivity contribution is -0.137. The number of nitrogen functional groups attached to an aromatic ring is 2. The van der Waals surface area contributed by atoms with Crippen LogP contribution in [0.15, 0.2) is 41.3 Å². The third-order valence-corrected chi connectivity index (χ3v) is 7.32. The summed E-state index contributed by atoms with van der Waals surface area (Å²) >= 11 is 6.29. The Bertz CT molecular complexity index is 1290. The minimum atomic E-state index is -4.80. The number of alkyl halides is 3. The average molecular weight is 487 g/mol. The number of anilines is 1. The van der Waals surface area contributed by atoms with E-state index >= 15 is 0 Å². The number of hydrogen-bond acceptors (Lipinski definition) is 6. The first-order valence-electron chi connectivity index (χ1n) is 9.48. The third-order valence-electron chi connectivity index (χ3n) is 5.13. The summed E-state index contributed by atoms with van der Waals surface area (Å²) in [4.78, 5) is 4.49. The Balaban J connectivity index is 1.88. The summed E-state index contributed by atoms with van der Waals surface area (Å²) in [5.74, 6) is 5.31. The van der Waals surface area contributed by atoms with Gasteiger partial charge in [0.2, 0.25) is 16.0 Å². The summed E-state index contributed by atoms with van der Waals surface area (Å²) < 4.78 is 69.1. The van der Waals surface area contributed by atoms with E-state index in [2.05, 4.69) is 10.1 Å². The smallest absolute Gasteiger partial charge is 0.366 e. The molecule has 0 aliphatic carbocycles. The first-order chi connectivity index (χ1) is 15.0. The molecule has 4 rings (SSSR count). The van der Waals surface area contributed by atoms with Crippen molar-refractivity contribution in [2.45, 2.75) is 23.9 Å². The van der Waals surface area contributed by atoms with Gasteiger partial charge in [-0.05, 0) is 42.7 Å². The van der Waals surface area contributed by atoms with Crippen LogP contribution >= 0.6 is 11.6 Å². The molecule has 170 valence electrons. The zero-order chi connectivity index (χ0) is 23.3. The van der Waals surface area contributed by atoms with Gasteiger partial charge in [0.1, 0.15) is 0 Å². The zero-order valence-electron chi connectivity index (χ0n) is 16.5. The second-order valence-corrected chi connectivity index (χ2v) is 9.60. The van der Waals surface area contributed by atoms with Gasteiger partial charge in [0.25, 0.3) is 0 Å². The molecular weight excluding hydrogens is 469 g/mol. The third kappa shape index (κ3) is 4.00. The fraction of sp³-hybridized carbons (Fsp3) is 0.263. The minimum absolute atomic E-state index is 0.0166. The number of aromatic nitrogens is 3. The van der Waals surface area contributed by atoms with Crippen molar-refractivity contribution in [1.29, 1.82) is 0 Å². The molecule has 4 N–H and O–H groups in total. The van der Waals surface area contributed by atoms with Crippen LogP contribution in [0.2, 0.25) is 5.02 Å². The lowest BCUT2D eigenvalue weighted by Gasteiger charge is -2.19. The highest BCUT2D eigenvalue weighted by Crippen LogP contribution is 2.43. The van der Waals surface area contributed by atoms with Gasteiger partial charge in [-0.3, -0.25) is 0 Å². The first-order valence-corrected chi connectivity index (χ1v) is 11.3. The molecule has 2 heterocycles. The van der Waals surface area contributed by atoms with Gasteiger partial charge in [0.05, 0.1) is 10.5 Å². The van der Waals surface area contributed by atoms with E-state index in [1.165, 1.54) is 34.6 Å². The van der Waals surface area contributed by atoms with Crippen molar-refractivity contribution in [3.63, 3.8) is 0 Å². The molecule has 0 radical (unpaired) electrons. The van der Waals surface area contributed by atoms with E-state index in [-0.39, 0.29) is 38.4 Å². The lowest BCUT2D eigenvalue weighted by Crippen LogP contribution is -2.27. The molecule has 0 saturated carbocycles. The zero-order valence-corrected chi connectivity index (χ0v) is 18.0. The van der Waals surface area contributed by atoms with Gasteiger partial charge < -0.3 is 11.6 Å². The Hall–Kier alpha value is -2.83. The number of hydrogen-bond donors (Lipinski definition) is 2. The molecule has 2 aromatic carbocycles. The second kappa shape index (κ2) is 7.94. The molecular formula is C19H18ClF3N6O2S. The summed E-state index contributed by atoms with van der Waals surface area (Å²) in [5.41, 5.74) is 4.02. The number of nitrogens with zero attached hydrogens (tertiary/aromatic N) is 4. The van der Waals surface area contributed by atoms with Gasteiger partial charge in [-0.2, -0.15) is 27.3 Å². The molecule has 0 amide bonds. The number of benzene rings is 2. The molecule has 13 heteroatoms. The SMILES string of the molecule is Nc1nc(-c2cc(Cl)c(-c3cccc(S(=O)(=O)N4CCCC4)c3)c(C(F)(F)F)c2)n(N)n1. The van der Waals surface area contributed by atoms with Crippen LogP contribution in [-0.2, 0) is 16.2 Å². The van der Waals surface area contributed by atoms with E-state index in [0.717, 1.165) is 23.7 Å². The van der Waals surface area contributed by atoms with Crippen molar-refractivity contribution in [3.05, 3.63) is 47.0 Å². The van der Waals surface area contributed by atoms with E-state index < -0.39 is 21.8 Å². The Kier molecular flexibility index (Phi) is 5.55. The van der Waals surface area contributed by atoms with Crippen LogP contribution in [0, 0.1) is 0 Å². The minimum Gasteiger partial charge on any atom is -0.366 e. The maximum Gasteiger partial charge on any atom is 0.417 e. The fourth-order valence-electron chi connectivity index (χ4n) is 3.68. The highest BCUT2D eigenvalue weighted by molar-refractivity contribution is 7.89. The molecule has 1 aromatic heterocycles. The van der Waals surface area contributed by atoms with E-state index in [1.54, 1.807) is 0 Å². The van der Waals surface area contributed by atoms with Crippen molar-refractivity contribution in [2.75, 3.05) is 24.7 Å². The van der Waals surface area contributed by atoms with Gasteiger partial charge in [-0.1, -0.05) is 23.7 Å². The molecule has 1 aliphatic heterocycles. The maximum absolute atomic E-state index is 14.0. The predicted molar refractivity (Wildman–Crippen MR) is 113 cm³/mol. The summed E-state index contributed by atoms with van der Waals surface area (Å²) in [7, 11) is -3.83. The van der Waals surface area contributed by atoms with Gasteiger partial charge in [0, 0.05) is 29.2 Å². The summed E-state index contributed by atoms with van der Waals surface area (Å²) in [6.07, 6.45) is -3.33. The Labute approximate surface area is 186 Å². The first kappa shape index (κ1) is 22.4. The highest BCUT2D eigenvalue weighted by atomic mass is 35.5. The molecule has 0 bridgehead atoms. The number of nitrogens with two attached hydrogens (primary N) is 2. The topological polar surface area (TPSA) is 120 Å². The van der Waals surface area contributed by atoms with E-state index in [1.807, 2.05) is 0 Å². The van der Waals surface area contributed by atoms with Crippen LogP contribution in [0.3, 0.4) is 0 Å². The molecule has 0 atom stereocenters. The molecule has 32 heavy (non-hydrogen) atoms. The van der Waals surface area contributed by atoms with Crippen LogP contribution in [0.5, 0.6) is 0 Å². The highest BCUT2D eigenvalue weighted by Gasteiger charge is 2.36. The van der Waals surface area contributed by atoms with Crippen molar-refractivity contribution < 1.29 is 21.6 Å². The Morgan fingerprint density at radius 2 is 1.75 bits per heavy atom. The largest absolute Gasteiger partial charge is 0.417 e. The van der Waals surface area contributed by atoms with Gasteiger partial charge >= 0.3 is 6.18 Å². The molecule has 1 fully saturated rings. The van der Waals surface area contributed by atoms with E-state index in [4.69, 9.17) is 23.2 Å². The normalized spacial score (nSPS) is 15.4. The fourth-order valence-corrected chi connectivity index (χ4v) is 5.57. The molecule has 8 nitrogen and oxygen atoms in total. The Morgan fingerprint density at radius 3 is 2.34 bits per heavy atom. The van der Waals surface area contributed by atoms with Crippen LogP contribution in [0.4, 0.5) is 19.1 Å². The standard InChI is InChI=1S/C19H18ClF3N6O2S/c20-15-10-12(17-26-18(24)27-29(17)25)9-14(19(21,22)23)16(15)11-4-3-5-13(8-11)32(30,31)28-6-1-2-7-28/h3-5,8-10H,1-2,6-7,25H2,(H2,24,27). The molecule has 3 aromatic rings. The maximum atomic E-state index is 14.0. The molecule has 1 aliphatic rings. The summed E-state index contributed by atoms with van der Waals surface area (Å²) in [6, 6.07) is 7.40.